The molecular weight excluding hydrogens is 325 g/mol. The molecule has 2 atom stereocenters. The van der Waals surface area contributed by atoms with E-state index in [1.807, 2.05) is 4.90 Å². The van der Waals surface area contributed by atoms with Crippen molar-refractivity contribution in [3.63, 3.8) is 0 Å². The van der Waals surface area contributed by atoms with E-state index >= 15 is 0 Å². The maximum Gasteiger partial charge on any atom is 0.391 e. The second kappa shape index (κ2) is 8.04. The Balaban J connectivity index is 1.71. The maximum atomic E-state index is 12.8. The molecule has 1 heterocycles. The van der Waals surface area contributed by atoms with Crippen molar-refractivity contribution in [1.82, 2.24) is 15.5 Å². The van der Waals surface area contributed by atoms with Gasteiger partial charge in [0.15, 0.2) is 0 Å². The zero-order valence-corrected chi connectivity index (χ0v) is 13.6. The van der Waals surface area contributed by atoms with Gasteiger partial charge in [0, 0.05) is 25.2 Å². The van der Waals surface area contributed by atoms with E-state index in [2.05, 4.69) is 10.6 Å². The molecule has 1 saturated carbocycles. The normalized spacial score (nSPS) is 26.8. The Morgan fingerprint density at radius 2 is 1.67 bits per heavy atom. The summed E-state index contributed by atoms with van der Waals surface area (Å²) in [5, 5.41) is 5.49. The number of rotatable bonds is 4. The highest BCUT2D eigenvalue weighted by Crippen LogP contribution is 2.37. The highest BCUT2D eigenvalue weighted by Gasteiger charge is 2.42. The third-order valence-corrected chi connectivity index (χ3v) is 4.77. The molecule has 1 saturated heterocycles. The topological polar surface area (TPSA) is 87.5 Å². The van der Waals surface area contributed by atoms with Gasteiger partial charge in [-0.25, -0.2) is 4.79 Å². The van der Waals surface area contributed by atoms with Gasteiger partial charge in [-0.15, -0.1) is 0 Å². The van der Waals surface area contributed by atoms with E-state index in [4.69, 9.17) is 5.73 Å². The Kier molecular flexibility index (Phi) is 6.31. The summed E-state index contributed by atoms with van der Waals surface area (Å²) in [5.74, 6) is -1.70. The van der Waals surface area contributed by atoms with E-state index in [9.17, 15) is 22.8 Å². The Labute approximate surface area is 139 Å². The monoisotopic (exact) mass is 350 g/mol. The highest BCUT2D eigenvalue weighted by atomic mass is 19.4. The van der Waals surface area contributed by atoms with Crippen LogP contribution in [0.1, 0.15) is 38.5 Å². The summed E-state index contributed by atoms with van der Waals surface area (Å²) in [6.45, 7) is 1.53. The zero-order chi connectivity index (χ0) is 17.7. The number of hydrogen-bond donors (Lipinski definition) is 3. The molecule has 24 heavy (non-hydrogen) atoms. The van der Waals surface area contributed by atoms with Gasteiger partial charge in [0.25, 0.3) is 0 Å². The van der Waals surface area contributed by atoms with E-state index in [0.717, 1.165) is 0 Å². The van der Waals surface area contributed by atoms with E-state index in [-0.39, 0.29) is 31.3 Å². The molecule has 9 heteroatoms. The Morgan fingerprint density at radius 1 is 1.04 bits per heavy atom. The minimum Gasteiger partial charge on any atom is -0.369 e. The lowest BCUT2D eigenvalue weighted by Gasteiger charge is -2.33. The molecule has 2 aliphatic rings. The van der Waals surface area contributed by atoms with E-state index < -0.39 is 24.2 Å². The minimum atomic E-state index is -4.19. The van der Waals surface area contributed by atoms with Crippen LogP contribution in [-0.4, -0.2) is 54.7 Å². The smallest absolute Gasteiger partial charge is 0.369 e. The number of likely N-dealkylation sites (tertiary alicyclic amines) is 1. The van der Waals surface area contributed by atoms with Crippen LogP contribution in [0.2, 0.25) is 0 Å². The summed E-state index contributed by atoms with van der Waals surface area (Å²) < 4.78 is 38.4. The fraction of sp³-hybridized carbons (Fsp3) is 0.867. The van der Waals surface area contributed by atoms with Crippen molar-refractivity contribution in [3.05, 3.63) is 0 Å². The van der Waals surface area contributed by atoms with Gasteiger partial charge >= 0.3 is 12.2 Å². The number of hydrogen-bond acceptors (Lipinski definition) is 3. The second-order valence-corrected chi connectivity index (χ2v) is 6.74. The van der Waals surface area contributed by atoms with Gasteiger partial charge in [0.05, 0.1) is 12.5 Å². The Bertz CT molecular complexity index is 450. The third-order valence-electron chi connectivity index (χ3n) is 4.77. The first-order chi connectivity index (χ1) is 11.2. The lowest BCUT2D eigenvalue weighted by Crippen LogP contribution is -2.51. The lowest BCUT2D eigenvalue weighted by atomic mass is 9.85. The molecule has 1 aliphatic heterocycles. The van der Waals surface area contributed by atoms with Crippen LogP contribution < -0.4 is 16.4 Å². The van der Waals surface area contributed by atoms with Crippen molar-refractivity contribution in [1.29, 1.82) is 0 Å². The number of nitrogens with zero attached hydrogens (tertiary/aromatic N) is 1. The summed E-state index contributed by atoms with van der Waals surface area (Å²) in [4.78, 5) is 24.8. The van der Waals surface area contributed by atoms with E-state index in [1.54, 1.807) is 0 Å². The van der Waals surface area contributed by atoms with Crippen molar-refractivity contribution in [3.8, 4) is 0 Å². The number of halogens is 3. The molecule has 2 unspecified atom stereocenters. The van der Waals surface area contributed by atoms with Crippen LogP contribution in [0, 0.1) is 5.92 Å². The van der Waals surface area contributed by atoms with Crippen LogP contribution in [0.25, 0.3) is 0 Å². The number of nitrogens with two attached hydrogens (primary N) is 1. The summed E-state index contributed by atoms with van der Waals surface area (Å²) in [5.41, 5.74) is 5.14. The molecule has 0 radical (unpaired) electrons. The van der Waals surface area contributed by atoms with Gasteiger partial charge in [-0.3, -0.25) is 9.69 Å². The maximum absolute atomic E-state index is 12.8. The zero-order valence-electron chi connectivity index (χ0n) is 13.6. The molecule has 0 spiro atoms. The van der Waals surface area contributed by atoms with Crippen molar-refractivity contribution in [2.45, 2.75) is 56.8 Å². The van der Waals surface area contributed by atoms with Gasteiger partial charge < -0.3 is 16.4 Å². The van der Waals surface area contributed by atoms with Gasteiger partial charge in [-0.2, -0.15) is 13.2 Å². The van der Waals surface area contributed by atoms with Gasteiger partial charge in [0.1, 0.15) is 0 Å². The number of alkyl halides is 3. The fourth-order valence-corrected chi connectivity index (χ4v) is 3.49. The van der Waals surface area contributed by atoms with Crippen LogP contribution in [0.4, 0.5) is 18.0 Å². The van der Waals surface area contributed by atoms with Crippen LogP contribution in [0.3, 0.4) is 0 Å². The molecule has 0 bridgehead atoms. The third kappa shape index (κ3) is 5.85. The quantitative estimate of drug-likeness (QED) is 0.715. The SMILES string of the molecule is NC(=O)CN1CCC(NC(=O)NC2CCCC(C(F)(F)F)C2)CC1. The fourth-order valence-electron chi connectivity index (χ4n) is 3.49. The minimum absolute atomic E-state index is 0.0314. The van der Waals surface area contributed by atoms with Crippen molar-refractivity contribution in [2.75, 3.05) is 19.6 Å². The van der Waals surface area contributed by atoms with Gasteiger partial charge in [0.2, 0.25) is 5.91 Å². The molecule has 0 aromatic carbocycles. The average molecular weight is 350 g/mol. The van der Waals surface area contributed by atoms with Crippen LogP contribution >= 0.6 is 0 Å². The first-order valence-corrected chi connectivity index (χ1v) is 8.38. The number of nitrogens with one attached hydrogen (secondary N) is 2. The van der Waals surface area contributed by atoms with Crippen molar-refractivity contribution >= 4 is 11.9 Å². The number of primary amides is 1. The molecular formula is C15H25F3N4O2. The van der Waals surface area contributed by atoms with Crippen molar-refractivity contribution < 1.29 is 22.8 Å². The number of amides is 3. The summed E-state index contributed by atoms with van der Waals surface area (Å²) in [7, 11) is 0. The molecule has 138 valence electrons. The number of urea groups is 1. The molecule has 2 rings (SSSR count). The highest BCUT2D eigenvalue weighted by molar-refractivity contribution is 5.76. The molecule has 3 amide bonds. The molecule has 4 N–H and O–H groups in total. The van der Waals surface area contributed by atoms with Crippen LogP contribution in [-0.2, 0) is 4.79 Å². The molecule has 0 aromatic rings. The second-order valence-electron chi connectivity index (χ2n) is 6.74. The first-order valence-electron chi connectivity index (χ1n) is 8.38. The summed E-state index contributed by atoms with van der Waals surface area (Å²) in [6, 6.07) is -0.868. The van der Waals surface area contributed by atoms with Crippen LogP contribution in [0.15, 0.2) is 0 Å². The van der Waals surface area contributed by atoms with E-state index in [1.165, 1.54) is 0 Å². The number of carbonyl (C=O) groups is 2. The molecule has 2 fully saturated rings. The predicted octanol–water partition coefficient (Wildman–Crippen LogP) is 1.36. The Hall–Kier alpha value is -1.51. The number of carbonyl (C=O) groups excluding carboxylic acids is 2. The largest absolute Gasteiger partial charge is 0.391 e. The predicted molar refractivity (Wildman–Crippen MR) is 82.1 cm³/mol. The van der Waals surface area contributed by atoms with Crippen molar-refractivity contribution in [2.24, 2.45) is 11.7 Å². The number of piperidine rings is 1. The van der Waals surface area contributed by atoms with Gasteiger partial charge in [-0.05, 0) is 32.1 Å². The Morgan fingerprint density at radius 3 is 2.25 bits per heavy atom. The summed E-state index contributed by atoms with van der Waals surface area (Å²) in [6.07, 6.45) is -1.66. The standard InChI is InChI=1S/C15H25F3N4O2/c16-15(17,18)10-2-1-3-12(8-10)21-14(24)20-11-4-6-22(7-5-11)9-13(19)23/h10-12H,1-9H2,(H2,19,23)(H2,20,21,24). The van der Waals surface area contributed by atoms with Gasteiger partial charge in [-0.1, -0.05) is 6.42 Å². The molecule has 6 nitrogen and oxygen atoms in total. The summed E-state index contributed by atoms with van der Waals surface area (Å²) >= 11 is 0. The molecule has 1 aliphatic carbocycles. The molecule has 0 aromatic heterocycles. The first kappa shape index (κ1) is 18.8. The van der Waals surface area contributed by atoms with Crippen LogP contribution in [0.5, 0.6) is 0 Å². The van der Waals surface area contributed by atoms with E-state index in [0.29, 0.717) is 38.8 Å². The average Bonchev–Trinajstić information content (AvgIpc) is 2.48. The lowest BCUT2D eigenvalue weighted by molar-refractivity contribution is -0.183.